The second-order valence-electron chi connectivity index (χ2n) is 8.75. The van der Waals surface area contributed by atoms with E-state index < -0.39 is 33.5 Å². The van der Waals surface area contributed by atoms with E-state index in [1.807, 2.05) is 0 Å². The molecule has 0 radical (unpaired) electrons. The Morgan fingerprint density at radius 1 is 1.22 bits per heavy atom. The number of sulfonamides is 1. The summed E-state index contributed by atoms with van der Waals surface area (Å²) in [5.74, 6) is -2.14. The number of imidazole rings is 1. The second kappa shape index (κ2) is 6.39. The van der Waals surface area contributed by atoms with Crippen molar-refractivity contribution in [3.63, 3.8) is 0 Å². The molecule has 3 saturated carbocycles. The number of aliphatic hydroxyl groups is 1. The monoisotopic (exact) mass is 468 g/mol. The van der Waals surface area contributed by atoms with Crippen molar-refractivity contribution in [2.75, 3.05) is 12.3 Å². The summed E-state index contributed by atoms with van der Waals surface area (Å²) in [6.07, 6.45) is -1.63. The predicted molar refractivity (Wildman–Crippen MR) is 107 cm³/mol. The third kappa shape index (κ3) is 3.14. The molecule has 6 rings (SSSR count). The number of alkyl halides is 3. The van der Waals surface area contributed by atoms with Crippen LogP contribution in [0.4, 0.5) is 19.1 Å². The van der Waals surface area contributed by atoms with Crippen LogP contribution in [0.3, 0.4) is 0 Å². The number of fused-ring (bicyclic) bond motifs is 1. The van der Waals surface area contributed by atoms with Gasteiger partial charge in [-0.15, -0.1) is 0 Å². The van der Waals surface area contributed by atoms with Crippen LogP contribution in [-0.2, 0) is 16.2 Å². The molecular weight excluding hydrogens is 449 g/mol. The molecule has 170 valence electrons. The number of anilines is 1. The Balaban J connectivity index is 1.50. The number of halogens is 3. The van der Waals surface area contributed by atoms with E-state index in [9.17, 15) is 26.7 Å². The fourth-order valence-electron chi connectivity index (χ4n) is 4.82. The molecular formula is C19H19F3N6O3S. The number of hydrogen-bond donors (Lipinski definition) is 3. The van der Waals surface area contributed by atoms with Crippen molar-refractivity contribution in [1.82, 2.24) is 24.1 Å². The van der Waals surface area contributed by atoms with E-state index in [0.29, 0.717) is 30.4 Å². The van der Waals surface area contributed by atoms with Gasteiger partial charge in [-0.1, -0.05) is 6.07 Å². The van der Waals surface area contributed by atoms with Crippen LogP contribution in [-0.4, -0.2) is 45.0 Å². The van der Waals surface area contributed by atoms with Gasteiger partial charge in [-0.3, -0.25) is 4.40 Å². The molecule has 3 fully saturated rings. The highest BCUT2D eigenvalue weighted by atomic mass is 32.2. The molecule has 3 aromatic rings. The molecule has 0 aliphatic heterocycles. The van der Waals surface area contributed by atoms with E-state index in [2.05, 4.69) is 19.7 Å². The first-order valence-electron chi connectivity index (χ1n) is 9.71. The van der Waals surface area contributed by atoms with Crippen LogP contribution >= 0.6 is 0 Å². The van der Waals surface area contributed by atoms with Gasteiger partial charge in [0.1, 0.15) is 0 Å². The van der Waals surface area contributed by atoms with Crippen LogP contribution in [0.2, 0.25) is 0 Å². The van der Waals surface area contributed by atoms with Crippen molar-refractivity contribution in [2.24, 2.45) is 5.41 Å². The summed E-state index contributed by atoms with van der Waals surface area (Å²) >= 11 is 0. The van der Waals surface area contributed by atoms with Gasteiger partial charge in [-0.05, 0) is 49.3 Å². The molecule has 9 nitrogen and oxygen atoms in total. The van der Waals surface area contributed by atoms with Crippen LogP contribution < -0.4 is 10.5 Å². The number of hydrogen-bond acceptors (Lipinski definition) is 7. The predicted octanol–water partition coefficient (Wildman–Crippen LogP) is 1.89. The van der Waals surface area contributed by atoms with Crippen molar-refractivity contribution in [3.05, 3.63) is 35.8 Å². The number of aromatic nitrogens is 4. The van der Waals surface area contributed by atoms with E-state index >= 15 is 0 Å². The van der Waals surface area contributed by atoms with Crippen molar-refractivity contribution < 1.29 is 26.7 Å². The Morgan fingerprint density at radius 3 is 2.53 bits per heavy atom. The number of nitrogens with one attached hydrogen (secondary N) is 1. The molecule has 0 unspecified atom stereocenters. The van der Waals surface area contributed by atoms with E-state index in [0.717, 1.165) is 4.40 Å². The minimum absolute atomic E-state index is 0.00738. The highest BCUT2D eigenvalue weighted by molar-refractivity contribution is 7.89. The summed E-state index contributed by atoms with van der Waals surface area (Å²) in [6, 6.07) is 4.47. The largest absolute Gasteiger partial charge is 0.451 e. The van der Waals surface area contributed by atoms with Crippen molar-refractivity contribution in [1.29, 1.82) is 0 Å². The Morgan fingerprint density at radius 2 is 1.91 bits per heavy atom. The first-order chi connectivity index (χ1) is 14.9. The van der Waals surface area contributed by atoms with Crippen LogP contribution in [0.5, 0.6) is 0 Å². The molecule has 0 amide bonds. The molecule has 13 heteroatoms. The molecule has 0 saturated heterocycles. The summed E-state index contributed by atoms with van der Waals surface area (Å²) in [6.45, 7) is 1.77. The Kier molecular flexibility index (Phi) is 4.21. The summed E-state index contributed by atoms with van der Waals surface area (Å²) in [5.41, 5.74) is 6.26. The summed E-state index contributed by atoms with van der Waals surface area (Å²) in [5, 5.41) is 9.38. The SMILES string of the molecule is Cc1ccc(S(=O)(=O)NC23CC(CO)(C2)C3)cc1-c1cn2c(N)nc(C(F)(F)F)nc2n1. The zero-order valence-electron chi connectivity index (χ0n) is 16.8. The zero-order chi connectivity index (χ0) is 23.1. The number of rotatable bonds is 5. The number of nitrogens with zero attached hydrogens (tertiary/aromatic N) is 4. The molecule has 4 N–H and O–H groups in total. The lowest BCUT2D eigenvalue weighted by Gasteiger charge is -2.69. The maximum Gasteiger partial charge on any atom is 0.451 e. The van der Waals surface area contributed by atoms with E-state index in [4.69, 9.17) is 5.73 Å². The third-order valence-electron chi connectivity index (χ3n) is 6.24. The topological polar surface area (TPSA) is 136 Å². The fraction of sp³-hybridized carbons (Fsp3) is 0.421. The van der Waals surface area contributed by atoms with Gasteiger partial charge in [-0.25, -0.2) is 18.1 Å². The van der Waals surface area contributed by atoms with Crippen molar-refractivity contribution in [3.8, 4) is 11.3 Å². The number of benzene rings is 1. The first-order valence-corrected chi connectivity index (χ1v) is 11.2. The number of aryl methyl sites for hydroxylation is 1. The summed E-state index contributed by atoms with van der Waals surface area (Å²) < 4.78 is 68.7. The van der Waals surface area contributed by atoms with Gasteiger partial charge in [0, 0.05) is 23.9 Å². The van der Waals surface area contributed by atoms with Gasteiger partial charge >= 0.3 is 6.18 Å². The minimum atomic E-state index is -4.78. The van der Waals surface area contributed by atoms with Crippen LogP contribution in [0.1, 0.15) is 30.7 Å². The Hall–Kier alpha value is -2.77. The lowest BCUT2D eigenvalue weighted by molar-refractivity contribution is -0.167. The summed E-state index contributed by atoms with van der Waals surface area (Å²) in [4.78, 5) is 10.8. The lowest BCUT2D eigenvalue weighted by Crippen LogP contribution is -2.75. The fourth-order valence-corrected chi connectivity index (χ4v) is 6.24. The number of nitrogens with two attached hydrogens (primary N) is 1. The van der Waals surface area contributed by atoms with E-state index in [1.54, 1.807) is 13.0 Å². The molecule has 2 bridgehead atoms. The highest BCUT2D eigenvalue weighted by Gasteiger charge is 2.68. The van der Waals surface area contributed by atoms with Gasteiger partial charge in [-0.2, -0.15) is 23.1 Å². The minimum Gasteiger partial charge on any atom is -0.396 e. The van der Waals surface area contributed by atoms with Crippen LogP contribution in [0.15, 0.2) is 29.3 Å². The molecule has 2 aromatic heterocycles. The Labute approximate surface area is 180 Å². The normalized spacial score (nSPS) is 24.9. The smallest absolute Gasteiger partial charge is 0.396 e. The molecule has 32 heavy (non-hydrogen) atoms. The molecule has 2 heterocycles. The average molecular weight is 468 g/mol. The van der Waals surface area contributed by atoms with Crippen molar-refractivity contribution >= 4 is 21.7 Å². The van der Waals surface area contributed by atoms with Crippen molar-refractivity contribution in [2.45, 2.75) is 42.8 Å². The molecule has 0 atom stereocenters. The number of aliphatic hydroxyl groups excluding tert-OH is 1. The summed E-state index contributed by atoms with van der Waals surface area (Å²) in [7, 11) is -3.86. The molecule has 3 aliphatic carbocycles. The van der Waals surface area contributed by atoms with Crippen LogP contribution in [0.25, 0.3) is 17.0 Å². The average Bonchev–Trinajstić information content (AvgIpc) is 3.07. The molecule has 3 aliphatic rings. The number of nitrogen functional groups attached to an aromatic ring is 1. The van der Waals surface area contributed by atoms with E-state index in [-0.39, 0.29) is 28.4 Å². The zero-order valence-corrected chi connectivity index (χ0v) is 17.6. The standard InChI is InChI=1S/C19H19F3N6O3S/c1-10-2-3-11(32(30,31)27-18-6-17(7-18,8-18)9-29)4-12(10)13-5-28-15(23)25-14(19(20,21)22)26-16(28)24-13/h2-5,27,29H,6-9H2,1H3,(H2,23,24,25,26). The van der Waals surface area contributed by atoms with Gasteiger partial charge in [0.15, 0.2) is 0 Å². The Bertz CT molecular complexity index is 1350. The quantitative estimate of drug-likeness (QED) is 0.520. The maximum absolute atomic E-state index is 13.0. The molecule has 1 aromatic carbocycles. The third-order valence-corrected chi connectivity index (χ3v) is 7.81. The van der Waals surface area contributed by atoms with E-state index in [1.165, 1.54) is 18.3 Å². The van der Waals surface area contributed by atoms with Gasteiger partial charge in [0.2, 0.25) is 27.6 Å². The molecule has 0 spiro atoms. The maximum atomic E-state index is 13.0. The van der Waals surface area contributed by atoms with Gasteiger partial charge < -0.3 is 10.8 Å². The lowest BCUT2D eigenvalue weighted by atomic mass is 9.40. The van der Waals surface area contributed by atoms with Gasteiger partial charge in [0.05, 0.1) is 10.6 Å². The van der Waals surface area contributed by atoms with Gasteiger partial charge in [0.25, 0.3) is 0 Å². The van der Waals surface area contributed by atoms with Crippen LogP contribution in [0, 0.1) is 12.3 Å². The first kappa shape index (κ1) is 21.1. The second-order valence-corrected chi connectivity index (χ2v) is 10.4. The highest BCUT2D eigenvalue weighted by Crippen LogP contribution is 2.67.